The third kappa shape index (κ3) is 2.71. The van der Waals surface area contributed by atoms with Gasteiger partial charge in [-0.15, -0.1) is 0 Å². The Hall–Kier alpha value is -1.08. The maximum absolute atomic E-state index is 8.88. The van der Waals surface area contributed by atoms with E-state index in [0.29, 0.717) is 11.6 Å². The molecule has 4 heteroatoms. The molecule has 1 atom stereocenters. The molecule has 1 aromatic rings. The Morgan fingerprint density at radius 2 is 2.21 bits per heavy atom. The van der Waals surface area contributed by atoms with Crippen LogP contribution in [0.15, 0.2) is 24.3 Å². The minimum absolute atomic E-state index is 0.00261. The average molecular weight is 211 g/mol. The van der Waals surface area contributed by atoms with E-state index in [4.69, 9.17) is 22.0 Å². The van der Waals surface area contributed by atoms with Crippen LogP contribution >= 0.6 is 11.6 Å². The number of nitrogens with zero attached hydrogens (tertiary/aromatic N) is 1. The number of nitriles is 1. The molecular formula is C10H11ClN2O. The Labute approximate surface area is 87.9 Å². The number of benzene rings is 1. The highest BCUT2D eigenvalue weighted by Crippen LogP contribution is 2.21. The summed E-state index contributed by atoms with van der Waals surface area (Å²) in [5.41, 5.74) is 0.741. The van der Waals surface area contributed by atoms with E-state index in [1.165, 1.54) is 0 Å². The van der Waals surface area contributed by atoms with Gasteiger partial charge in [0.1, 0.15) is 6.04 Å². The molecule has 0 bridgehead atoms. The van der Waals surface area contributed by atoms with E-state index >= 15 is 0 Å². The molecule has 0 aromatic heterocycles. The number of halogens is 1. The van der Waals surface area contributed by atoms with Gasteiger partial charge in [0.2, 0.25) is 0 Å². The van der Waals surface area contributed by atoms with Gasteiger partial charge in [-0.2, -0.15) is 5.26 Å². The van der Waals surface area contributed by atoms with Crippen molar-refractivity contribution < 1.29 is 5.11 Å². The first-order valence-corrected chi connectivity index (χ1v) is 4.65. The van der Waals surface area contributed by atoms with Crippen molar-refractivity contribution in [2.75, 3.05) is 13.2 Å². The van der Waals surface area contributed by atoms with Crippen molar-refractivity contribution >= 4 is 11.6 Å². The molecule has 14 heavy (non-hydrogen) atoms. The van der Waals surface area contributed by atoms with Gasteiger partial charge in [-0.05, 0) is 6.07 Å². The summed E-state index contributed by atoms with van der Waals surface area (Å²) < 4.78 is 0. The van der Waals surface area contributed by atoms with Gasteiger partial charge in [0, 0.05) is 17.1 Å². The third-order valence-electron chi connectivity index (χ3n) is 1.81. The first kappa shape index (κ1) is 11.0. The lowest BCUT2D eigenvalue weighted by atomic mass is 10.1. The highest BCUT2D eigenvalue weighted by atomic mass is 35.5. The minimum Gasteiger partial charge on any atom is -0.395 e. The second-order valence-electron chi connectivity index (χ2n) is 2.76. The molecule has 1 aromatic carbocycles. The van der Waals surface area contributed by atoms with Gasteiger partial charge in [-0.3, -0.25) is 5.32 Å². The van der Waals surface area contributed by atoms with Gasteiger partial charge in [-0.25, -0.2) is 0 Å². The topological polar surface area (TPSA) is 56.0 Å². The lowest BCUT2D eigenvalue weighted by Gasteiger charge is -2.11. The van der Waals surface area contributed by atoms with E-state index in [2.05, 4.69) is 11.4 Å². The van der Waals surface area contributed by atoms with E-state index in [1.54, 1.807) is 12.1 Å². The molecule has 0 spiro atoms. The van der Waals surface area contributed by atoms with Crippen molar-refractivity contribution in [2.45, 2.75) is 6.04 Å². The first-order chi connectivity index (χ1) is 6.79. The predicted molar refractivity (Wildman–Crippen MR) is 54.9 cm³/mol. The van der Waals surface area contributed by atoms with Crippen LogP contribution in [0.5, 0.6) is 0 Å². The van der Waals surface area contributed by atoms with Crippen LogP contribution in [0.1, 0.15) is 11.6 Å². The Balaban J connectivity index is 2.80. The van der Waals surface area contributed by atoms with Crippen LogP contribution in [-0.4, -0.2) is 18.3 Å². The molecule has 0 fully saturated rings. The minimum atomic E-state index is -0.462. The average Bonchev–Trinajstić information content (AvgIpc) is 2.21. The molecule has 0 aliphatic heterocycles. The van der Waals surface area contributed by atoms with Crippen molar-refractivity contribution in [3.05, 3.63) is 34.9 Å². The maximum atomic E-state index is 8.88. The van der Waals surface area contributed by atoms with Crippen molar-refractivity contribution in [3.8, 4) is 6.07 Å². The maximum Gasteiger partial charge on any atom is 0.122 e. The summed E-state index contributed by atoms with van der Waals surface area (Å²) in [6, 6.07) is 8.79. The summed E-state index contributed by atoms with van der Waals surface area (Å²) in [6.07, 6.45) is 0. The Morgan fingerprint density at radius 3 is 2.79 bits per heavy atom. The fraction of sp³-hybridized carbons (Fsp3) is 0.300. The second-order valence-corrected chi connectivity index (χ2v) is 3.17. The number of aliphatic hydroxyl groups is 1. The van der Waals surface area contributed by atoms with E-state index in [1.807, 2.05) is 12.1 Å². The molecule has 0 heterocycles. The summed E-state index contributed by atoms with van der Waals surface area (Å²) in [6.45, 7) is 0.381. The largest absolute Gasteiger partial charge is 0.395 e. The Bertz CT molecular complexity index is 335. The smallest absolute Gasteiger partial charge is 0.122 e. The van der Waals surface area contributed by atoms with Gasteiger partial charge in [0.25, 0.3) is 0 Å². The highest BCUT2D eigenvalue weighted by molar-refractivity contribution is 6.31. The van der Waals surface area contributed by atoms with Crippen LogP contribution in [0, 0.1) is 11.3 Å². The van der Waals surface area contributed by atoms with Gasteiger partial charge in [0.15, 0.2) is 0 Å². The lowest BCUT2D eigenvalue weighted by Crippen LogP contribution is -2.23. The van der Waals surface area contributed by atoms with Gasteiger partial charge in [-0.1, -0.05) is 29.8 Å². The number of nitrogens with one attached hydrogen (secondary N) is 1. The van der Waals surface area contributed by atoms with E-state index in [-0.39, 0.29) is 6.61 Å². The zero-order chi connectivity index (χ0) is 10.4. The number of hydrogen-bond acceptors (Lipinski definition) is 3. The van der Waals surface area contributed by atoms with E-state index < -0.39 is 6.04 Å². The molecule has 0 aliphatic carbocycles. The summed E-state index contributed by atoms with van der Waals surface area (Å²) in [5.74, 6) is 0. The van der Waals surface area contributed by atoms with Crippen LogP contribution in [-0.2, 0) is 0 Å². The van der Waals surface area contributed by atoms with Crippen molar-refractivity contribution in [2.24, 2.45) is 0 Å². The van der Waals surface area contributed by atoms with Gasteiger partial charge >= 0.3 is 0 Å². The van der Waals surface area contributed by atoms with Crippen LogP contribution in [0.3, 0.4) is 0 Å². The molecule has 74 valence electrons. The lowest BCUT2D eigenvalue weighted by molar-refractivity contribution is 0.289. The van der Waals surface area contributed by atoms with Crippen LogP contribution in [0.2, 0.25) is 5.02 Å². The van der Waals surface area contributed by atoms with Gasteiger partial charge in [0.05, 0.1) is 12.7 Å². The number of aliphatic hydroxyl groups excluding tert-OH is 1. The van der Waals surface area contributed by atoms with Crippen molar-refractivity contribution in [1.82, 2.24) is 5.32 Å². The number of rotatable bonds is 4. The van der Waals surface area contributed by atoms with Crippen molar-refractivity contribution in [1.29, 1.82) is 5.26 Å². The summed E-state index contributed by atoms with van der Waals surface area (Å²) >= 11 is 5.92. The summed E-state index contributed by atoms with van der Waals surface area (Å²) in [7, 11) is 0. The summed E-state index contributed by atoms with van der Waals surface area (Å²) in [4.78, 5) is 0. The van der Waals surface area contributed by atoms with Gasteiger partial charge < -0.3 is 5.11 Å². The molecule has 0 aliphatic rings. The quantitative estimate of drug-likeness (QED) is 0.792. The molecule has 0 amide bonds. The highest BCUT2D eigenvalue weighted by Gasteiger charge is 2.11. The van der Waals surface area contributed by atoms with Crippen LogP contribution in [0.4, 0.5) is 0 Å². The van der Waals surface area contributed by atoms with E-state index in [9.17, 15) is 0 Å². The first-order valence-electron chi connectivity index (χ1n) is 4.28. The molecule has 1 rings (SSSR count). The molecule has 3 nitrogen and oxygen atoms in total. The molecule has 0 saturated carbocycles. The fourth-order valence-corrected chi connectivity index (χ4v) is 1.39. The second kappa shape index (κ2) is 5.61. The van der Waals surface area contributed by atoms with E-state index in [0.717, 1.165) is 5.56 Å². The SMILES string of the molecule is N#CC(NCCO)c1ccccc1Cl. The normalized spacial score (nSPS) is 12.1. The molecule has 1 unspecified atom stereocenters. The van der Waals surface area contributed by atoms with Crippen molar-refractivity contribution in [3.63, 3.8) is 0 Å². The predicted octanol–water partition coefficient (Wildman–Crippen LogP) is 1.49. The van der Waals surface area contributed by atoms with Crippen LogP contribution < -0.4 is 5.32 Å². The standard InChI is InChI=1S/C10H11ClN2O/c11-9-4-2-1-3-8(9)10(7-12)13-5-6-14/h1-4,10,13-14H,5-6H2. The third-order valence-corrected chi connectivity index (χ3v) is 2.15. The number of hydrogen-bond donors (Lipinski definition) is 2. The molecular weight excluding hydrogens is 200 g/mol. The Kier molecular flexibility index (Phi) is 4.41. The molecule has 0 saturated heterocycles. The summed E-state index contributed by atoms with van der Waals surface area (Å²) in [5, 5.41) is 20.9. The zero-order valence-electron chi connectivity index (χ0n) is 7.57. The van der Waals surface area contributed by atoms with Crippen LogP contribution in [0.25, 0.3) is 0 Å². The molecule has 0 radical (unpaired) electrons. The monoisotopic (exact) mass is 210 g/mol. The zero-order valence-corrected chi connectivity index (χ0v) is 8.33. The molecule has 2 N–H and O–H groups in total. The Morgan fingerprint density at radius 1 is 1.50 bits per heavy atom. The fourth-order valence-electron chi connectivity index (χ4n) is 1.14.